The zero-order valence-electron chi connectivity index (χ0n) is 11.0. The second kappa shape index (κ2) is 5.85. The molecule has 4 heteroatoms. The number of pyridine rings is 1. The maximum atomic E-state index is 12.0. The molecule has 1 N–H and O–H groups in total. The molecule has 0 aliphatic heterocycles. The third-order valence-electron chi connectivity index (χ3n) is 3.02. The van der Waals surface area contributed by atoms with Crippen molar-refractivity contribution in [2.45, 2.75) is 20.4 Å². The van der Waals surface area contributed by atoms with E-state index in [9.17, 15) is 4.79 Å². The van der Waals surface area contributed by atoms with Crippen molar-refractivity contribution in [3.8, 4) is 0 Å². The van der Waals surface area contributed by atoms with Gasteiger partial charge in [-0.1, -0.05) is 23.7 Å². The Bertz CT molecular complexity index is 611. The lowest BCUT2D eigenvalue weighted by molar-refractivity contribution is -0.690. The third-order valence-corrected chi connectivity index (χ3v) is 3.43. The monoisotopic (exact) mass is 275 g/mol. The van der Waals surface area contributed by atoms with Gasteiger partial charge in [0.25, 0.3) is 5.91 Å². The molecule has 0 aliphatic rings. The van der Waals surface area contributed by atoms with Gasteiger partial charge in [0.15, 0.2) is 11.9 Å². The molecule has 1 aromatic heterocycles. The van der Waals surface area contributed by atoms with E-state index in [0.29, 0.717) is 11.6 Å². The Morgan fingerprint density at radius 1 is 1.21 bits per heavy atom. The van der Waals surface area contributed by atoms with Crippen molar-refractivity contribution in [3.05, 3.63) is 58.9 Å². The van der Waals surface area contributed by atoms with E-state index in [0.717, 1.165) is 16.9 Å². The van der Waals surface area contributed by atoms with Gasteiger partial charge in [0.1, 0.15) is 0 Å². The summed E-state index contributed by atoms with van der Waals surface area (Å²) in [7, 11) is 0. The number of hydrogen-bond acceptors (Lipinski definition) is 1. The summed E-state index contributed by atoms with van der Waals surface area (Å²) in [6.07, 6.45) is 1.89. The van der Waals surface area contributed by atoms with Crippen LogP contribution < -0.4 is 9.88 Å². The number of aromatic nitrogens is 1. The SMILES string of the molecule is Cc1c(Cl)cccc1NC(=O)C[n+]1ccccc1C. The zero-order valence-corrected chi connectivity index (χ0v) is 11.7. The molecule has 2 rings (SSSR count). The molecular formula is C15H16ClN2O+. The van der Waals surface area contributed by atoms with Crippen LogP contribution in [0.25, 0.3) is 0 Å². The van der Waals surface area contributed by atoms with Crippen molar-refractivity contribution in [2.75, 3.05) is 5.32 Å². The van der Waals surface area contributed by atoms with Crippen molar-refractivity contribution in [3.63, 3.8) is 0 Å². The van der Waals surface area contributed by atoms with Crippen LogP contribution in [0.1, 0.15) is 11.3 Å². The molecule has 1 amide bonds. The molecule has 98 valence electrons. The Labute approximate surface area is 117 Å². The molecule has 0 unspecified atom stereocenters. The van der Waals surface area contributed by atoms with Gasteiger partial charge in [-0.25, -0.2) is 0 Å². The summed E-state index contributed by atoms with van der Waals surface area (Å²) < 4.78 is 1.90. The summed E-state index contributed by atoms with van der Waals surface area (Å²) in [6, 6.07) is 11.3. The van der Waals surface area contributed by atoms with Gasteiger partial charge >= 0.3 is 0 Å². The summed E-state index contributed by atoms with van der Waals surface area (Å²) in [5, 5.41) is 3.54. The molecule has 0 atom stereocenters. The van der Waals surface area contributed by atoms with Gasteiger partial charge in [0, 0.05) is 29.8 Å². The third kappa shape index (κ3) is 3.32. The summed E-state index contributed by atoms with van der Waals surface area (Å²) in [6.45, 7) is 4.15. The fourth-order valence-electron chi connectivity index (χ4n) is 1.83. The molecule has 0 saturated heterocycles. The molecule has 0 aliphatic carbocycles. The van der Waals surface area contributed by atoms with E-state index in [-0.39, 0.29) is 5.91 Å². The fraction of sp³-hybridized carbons (Fsp3) is 0.200. The highest BCUT2D eigenvalue weighted by Crippen LogP contribution is 2.22. The maximum absolute atomic E-state index is 12.0. The van der Waals surface area contributed by atoms with Crippen molar-refractivity contribution >= 4 is 23.2 Å². The van der Waals surface area contributed by atoms with E-state index >= 15 is 0 Å². The molecule has 19 heavy (non-hydrogen) atoms. The van der Waals surface area contributed by atoms with E-state index < -0.39 is 0 Å². The van der Waals surface area contributed by atoms with Gasteiger partial charge < -0.3 is 5.32 Å². The predicted molar refractivity (Wildman–Crippen MR) is 76.2 cm³/mol. The number of anilines is 1. The molecule has 0 radical (unpaired) electrons. The van der Waals surface area contributed by atoms with Crippen molar-refractivity contribution in [2.24, 2.45) is 0 Å². The second-order valence-electron chi connectivity index (χ2n) is 4.43. The van der Waals surface area contributed by atoms with Gasteiger partial charge in [-0.05, 0) is 24.6 Å². The average molecular weight is 276 g/mol. The van der Waals surface area contributed by atoms with Crippen LogP contribution in [0, 0.1) is 13.8 Å². The Morgan fingerprint density at radius 3 is 2.74 bits per heavy atom. The minimum atomic E-state index is -0.0651. The lowest BCUT2D eigenvalue weighted by Gasteiger charge is -2.08. The van der Waals surface area contributed by atoms with E-state index in [1.54, 1.807) is 0 Å². The lowest BCUT2D eigenvalue weighted by atomic mass is 10.2. The largest absolute Gasteiger partial charge is 0.320 e. The van der Waals surface area contributed by atoms with E-state index in [2.05, 4.69) is 5.32 Å². The second-order valence-corrected chi connectivity index (χ2v) is 4.84. The number of halogens is 1. The quantitative estimate of drug-likeness (QED) is 0.859. The number of carbonyl (C=O) groups excluding carboxylic acids is 1. The van der Waals surface area contributed by atoms with Crippen molar-refractivity contribution in [1.29, 1.82) is 0 Å². The van der Waals surface area contributed by atoms with Crippen molar-refractivity contribution in [1.82, 2.24) is 0 Å². The van der Waals surface area contributed by atoms with Crippen LogP contribution in [-0.4, -0.2) is 5.91 Å². The number of nitrogens with zero attached hydrogens (tertiary/aromatic N) is 1. The minimum absolute atomic E-state index is 0.0651. The standard InChI is InChI=1S/C15H15ClN2O/c1-11-6-3-4-9-18(11)10-15(19)17-14-8-5-7-13(16)12(14)2/h3-9H,10H2,1-2H3/p+1. The summed E-state index contributed by atoms with van der Waals surface area (Å²) in [4.78, 5) is 12.0. The van der Waals surface area contributed by atoms with Crippen LogP contribution in [0.4, 0.5) is 5.69 Å². The minimum Gasteiger partial charge on any atom is -0.320 e. The highest BCUT2D eigenvalue weighted by molar-refractivity contribution is 6.31. The number of hydrogen-bond donors (Lipinski definition) is 1. The molecule has 2 aromatic rings. The van der Waals surface area contributed by atoms with Crippen LogP contribution in [0.15, 0.2) is 42.6 Å². The molecule has 1 heterocycles. The molecule has 0 fully saturated rings. The van der Waals surface area contributed by atoms with E-state index in [4.69, 9.17) is 11.6 Å². The topological polar surface area (TPSA) is 33.0 Å². The summed E-state index contributed by atoms with van der Waals surface area (Å²) in [5.41, 5.74) is 2.68. The molecule has 3 nitrogen and oxygen atoms in total. The van der Waals surface area contributed by atoms with Crippen LogP contribution in [0.5, 0.6) is 0 Å². The number of benzene rings is 1. The Morgan fingerprint density at radius 2 is 2.00 bits per heavy atom. The van der Waals surface area contributed by atoms with Gasteiger partial charge in [0.2, 0.25) is 6.54 Å². The Hall–Kier alpha value is -1.87. The molecule has 0 saturated carbocycles. The number of amides is 1. The summed E-state index contributed by atoms with van der Waals surface area (Å²) in [5.74, 6) is -0.0651. The number of rotatable bonds is 3. The van der Waals surface area contributed by atoms with E-state index in [1.807, 2.05) is 61.0 Å². The lowest BCUT2D eigenvalue weighted by Crippen LogP contribution is -2.42. The molecule has 0 spiro atoms. The molecule has 0 bridgehead atoms. The van der Waals surface area contributed by atoms with Crippen LogP contribution in [0.3, 0.4) is 0 Å². The van der Waals surface area contributed by atoms with Gasteiger partial charge in [-0.15, -0.1) is 0 Å². The Balaban J connectivity index is 2.10. The Kier molecular flexibility index (Phi) is 4.17. The van der Waals surface area contributed by atoms with Crippen molar-refractivity contribution < 1.29 is 9.36 Å². The highest BCUT2D eigenvalue weighted by Gasteiger charge is 2.13. The van der Waals surface area contributed by atoms with Gasteiger partial charge in [-0.2, -0.15) is 4.57 Å². The van der Waals surface area contributed by atoms with Gasteiger partial charge in [0.05, 0.1) is 0 Å². The van der Waals surface area contributed by atoms with Gasteiger partial charge in [-0.3, -0.25) is 4.79 Å². The first-order valence-corrected chi connectivity index (χ1v) is 6.46. The smallest absolute Gasteiger partial charge is 0.290 e. The zero-order chi connectivity index (χ0) is 13.8. The van der Waals surface area contributed by atoms with Crippen LogP contribution >= 0.6 is 11.6 Å². The normalized spacial score (nSPS) is 10.3. The number of aryl methyl sites for hydroxylation is 1. The molecule has 1 aromatic carbocycles. The van der Waals surface area contributed by atoms with Crippen LogP contribution in [-0.2, 0) is 11.3 Å². The maximum Gasteiger partial charge on any atom is 0.290 e. The van der Waals surface area contributed by atoms with Crippen LogP contribution in [0.2, 0.25) is 5.02 Å². The predicted octanol–water partition coefficient (Wildman–Crippen LogP) is 2.88. The van der Waals surface area contributed by atoms with E-state index in [1.165, 1.54) is 0 Å². The first-order valence-electron chi connectivity index (χ1n) is 6.08. The number of nitrogens with one attached hydrogen (secondary N) is 1. The molecular weight excluding hydrogens is 260 g/mol. The average Bonchev–Trinajstić information content (AvgIpc) is 2.38. The fourth-order valence-corrected chi connectivity index (χ4v) is 2.00. The highest BCUT2D eigenvalue weighted by atomic mass is 35.5. The first-order chi connectivity index (χ1) is 9.08. The number of carbonyl (C=O) groups is 1. The summed E-state index contributed by atoms with van der Waals surface area (Å²) >= 11 is 6.03. The first kappa shape index (κ1) is 13.6.